The van der Waals surface area contributed by atoms with Gasteiger partial charge in [-0.15, -0.1) is 0 Å². The Morgan fingerprint density at radius 3 is 2.78 bits per heavy atom. The molecule has 0 radical (unpaired) electrons. The van der Waals surface area contributed by atoms with E-state index in [2.05, 4.69) is 4.37 Å². The van der Waals surface area contributed by atoms with E-state index in [1.165, 1.54) is 6.07 Å². The van der Waals surface area contributed by atoms with Gasteiger partial charge in [-0.3, -0.25) is 14.0 Å². The van der Waals surface area contributed by atoms with E-state index in [1.807, 2.05) is 4.57 Å². The van der Waals surface area contributed by atoms with Gasteiger partial charge in [-0.1, -0.05) is 12.1 Å². The minimum absolute atomic E-state index is 0.118. The first-order chi connectivity index (χ1) is 13.1. The summed E-state index contributed by atoms with van der Waals surface area (Å²) in [7, 11) is 1.56. The molecule has 0 aliphatic heterocycles. The SMILES string of the molecule is COc1cccc(-c2cc3c(cc2F)c(=O)c2c(=O)[nH]sc2n3C2CC2)c1. The Hall–Kier alpha value is -2.93. The largest absolute Gasteiger partial charge is 0.497 e. The standard InChI is InChI=1S/C20H15FN2O3S/c1-26-12-4-2-3-10(7-12)13-9-16-14(8-15(13)21)18(24)17-19(25)22-27-20(17)23(16)11-5-6-11/h2-4,7-9,11H,5-6H2,1H3,(H,22,25). The molecule has 2 aromatic carbocycles. The van der Waals surface area contributed by atoms with Gasteiger partial charge < -0.3 is 9.30 Å². The highest BCUT2D eigenvalue weighted by Crippen LogP contribution is 2.41. The molecule has 5 rings (SSSR count). The average molecular weight is 382 g/mol. The minimum atomic E-state index is -0.499. The van der Waals surface area contributed by atoms with E-state index in [-0.39, 0.29) is 16.8 Å². The van der Waals surface area contributed by atoms with Gasteiger partial charge in [0, 0.05) is 17.0 Å². The van der Waals surface area contributed by atoms with Gasteiger partial charge in [0.15, 0.2) is 0 Å². The van der Waals surface area contributed by atoms with Gasteiger partial charge in [-0.25, -0.2) is 4.39 Å². The molecule has 1 fully saturated rings. The molecule has 7 heteroatoms. The maximum absolute atomic E-state index is 14.9. The number of hydrogen-bond donors (Lipinski definition) is 1. The van der Waals surface area contributed by atoms with Crippen molar-refractivity contribution in [3.63, 3.8) is 0 Å². The van der Waals surface area contributed by atoms with Gasteiger partial charge in [-0.05, 0) is 54.2 Å². The van der Waals surface area contributed by atoms with Crippen molar-refractivity contribution >= 4 is 32.7 Å². The Balaban J connectivity index is 1.90. The molecule has 0 saturated heterocycles. The summed E-state index contributed by atoms with van der Waals surface area (Å²) in [5.74, 6) is 0.132. The molecule has 5 nitrogen and oxygen atoms in total. The van der Waals surface area contributed by atoms with E-state index < -0.39 is 16.8 Å². The van der Waals surface area contributed by atoms with Gasteiger partial charge in [0.05, 0.1) is 12.6 Å². The average Bonchev–Trinajstić information content (AvgIpc) is 3.44. The number of benzene rings is 2. The third-order valence-electron chi connectivity index (χ3n) is 5.01. The number of aromatic nitrogens is 2. The summed E-state index contributed by atoms with van der Waals surface area (Å²) >= 11 is 1.16. The monoisotopic (exact) mass is 382 g/mol. The van der Waals surface area contributed by atoms with E-state index in [9.17, 15) is 14.0 Å². The molecule has 0 atom stereocenters. The van der Waals surface area contributed by atoms with E-state index in [4.69, 9.17) is 4.74 Å². The van der Waals surface area contributed by atoms with Gasteiger partial charge in [0.1, 0.15) is 21.8 Å². The molecule has 136 valence electrons. The minimum Gasteiger partial charge on any atom is -0.497 e. The number of rotatable bonds is 3. The molecule has 1 aliphatic carbocycles. The number of ether oxygens (including phenoxy) is 1. The Bertz CT molecular complexity index is 1330. The molecule has 0 unspecified atom stereocenters. The molecule has 1 N–H and O–H groups in total. The van der Waals surface area contributed by atoms with Crippen LogP contribution in [0.25, 0.3) is 32.2 Å². The lowest BCUT2D eigenvalue weighted by Gasteiger charge is -2.14. The number of halogens is 1. The Labute approximate surface area is 156 Å². The van der Waals surface area contributed by atoms with Crippen molar-refractivity contribution in [1.82, 2.24) is 8.94 Å². The topological polar surface area (TPSA) is 64.1 Å². The van der Waals surface area contributed by atoms with Crippen molar-refractivity contribution < 1.29 is 9.13 Å². The summed E-state index contributed by atoms with van der Waals surface area (Å²) in [4.78, 5) is 25.6. The van der Waals surface area contributed by atoms with E-state index in [0.717, 1.165) is 24.4 Å². The van der Waals surface area contributed by atoms with Gasteiger partial charge in [0.2, 0.25) is 5.43 Å². The lowest BCUT2D eigenvalue weighted by atomic mass is 10.0. The Morgan fingerprint density at radius 2 is 2.04 bits per heavy atom. The van der Waals surface area contributed by atoms with Crippen LogP contribution in [0, 0.1) is 5.82 Å². The lowest BCUT2D eigenvalue weighted by Crippen LogP contribution is -2.15. The predicted molar refractivity (Wildman–Crippen MR) is 104 cm³/mol. The molecule has 2 heterocycles. The molecule has 27 heavy (non-hydrogen) atoms. The van der Waals surface area contributed by atoms with E-state index in [1.54, 1.807) is 37.4 Å². The van der Waals surface area contributed by atoms with Crippen LogP contribution in [0.1, 0.15) is 18.9 Å². The first kappa shape index (κ1) is 16.3. The second kappa shape index (κ2) is 5.79. The van der Waals surface area contributed by atoms with Crippen LogP contribution in [0.15, 0.2) is 46.0 Å². The molecule has 0 spiro atoms. The van der Waals surface area contributed by atoms with Crippen molar-refractivity contribution in [2.45, 2.75) is 18.9 Å². The second-order valence-corrected chi connectivity index (χ2v) is 7.52. The van der Waals surface area contributed by atoms with Crippen LogP contribution in [0.2, 0.25) is 0 Å². The van der Waals surface area contributed by atoms with Gasteiger partial charge >= 0.3 is 0 Å². The number of hydrogen-bond acceptors (Lipinski definition) is 4. The quantitative estimate of drug-likeness (QED) is 0.581. The number of nitrogens with zero attached hydrogens (tertiary/aromatic N) is 1. The maximum Gasteiger partial charge on any atom is 0.271 e. The molecular weight excluding hydrogens is 367 g/mol. The molecular formula is C20H15FN2O3S. The number of nitrogens with one attached hydrogen (secondary N) is 1. The van der Waals surface area contributed by atoms with Crippen molar-refractivity contribution in [2.24, 2.45) is 0 Å². The first-order valence-corrected chi connectivity index (χ1v) is 9.43. The van der Waals surface area contributed by atoms with Crippen molar-refractivity contribution in [1.29, 1.82) is 0 Å². The van der Waals surface area contributed by atoms with Crippen LogP contribution in [-0.4, -0.2) is 16.1 Å². The summed E-state index contributed by atoms with van der Waals surface area (Å²) in [6, 6.07) is 10.4. The summed E-state index contributed by atoms with van der Waals surface area (Å²) in [6.45, 7) is 0. The zero-order chi connectivity index (χ0) is 18.7. The normalized spacial score (nSPS) is 14.1. The Kier molecular flexibility index (Phi) is 3.48. The van der Waals surface area contributed by atoms with Crippen molar-refractivity contribution in [3.8, 4) is 16.9 Å². The van der Waals surface area contributed by atoms with Gasteiger partial charge in [0.25, 0.3) is 5.56 Å². The summed E-state index contributed by atoms with van der Waals surface area (Å²) < 4.78 is 24.8. The molecule has 0 amide bonds. The molecule has 1 saturated carbocycles. The summed E-state index contributed by atoms with van der Waals surface area (Å²) in [5.41, 5.74) is 0.900. The zero-order valence-electron chi connectivity index (χ0n) is 14.4. The predicted octanol–water partition coefficient (Wildman–Crippen LogP) is 4.05. The lowest BCUT2D eigenvalue weighted by molar-refractivity contribution is 0.415. The van der Waals surface area contributed by atoms with Crippen molar-refractivity contribution in [2.75, 3.05) is 7.11 Å². The highest BCUT2D eigenvalue weighted by Gasteiger charge is 2.29. The molecule has 1 aliphatic rings. The zero-order valence-corrected chi connectivity index (χ0v) is 15.2. The highest BCUT2D eigenvalue weighted by molar-refractivity contribution is 7.12. The van der Waals surface area contributed by atoms with E-state index >= 15 is 0 Å². The summed E-state index contributed by atoms with van der Waals surface area (Å²) in [6.07, 6.45) is 1.95. The fourth-order valence-electron chi connectivity index (χ4n) is 3.56. The Morgan fingerprint density at radius 1 is 1.22 bits per heavy atom. The smallest absolute Gasteiger partial charge is 0.271 e. The van der Waals surface area contributed by atoms with Crippen LogP contribution in [-0.2, 0) is 0 Å². The van der Waals surface area contributed by atoms with Crippen LogP contribution < -0.4 is 15.7 Å². The van der Waals surface area contributed by atoms with E-state index in [0.29, 0.717) is 27.2 Å². The number of aromatic amines is 1. The fraction of sp³-hybridized carbons (Fsp3) is 0.200. The molecule has 0 bridgehead atoms. The highest BCUT2D eigenvalue weighted by atomic mass is 32.1. The summed E-state index contributed by atoms with van der Waals surface area (Å²) in [5, 5.41) is 0.357. The number of pyridine rings is 1. The van der Waals surface area contributed by atoms with Gasteiger partial charge in [-0.2, -0.15) is 0 Å². The van der Waals surface area contributed by atoms with Crippen LogP contribution in [0.3, 0.4) is 0 Å². The van der Waals surface area contributed by atoms with Crippen molar-refractivity contribution in [3.05, 3.63) is 62.8 Å². The maximum atomic E-state index is 14.9. The number of methoxy groups -OCH3 is 1. The van der Waals surface area contributed by atoms with Crippen LogP contribution in [0.4, 0.5) is 4.39 Å². The van der Waals surface area contributed by atoms with Crippen LogP contribution >= 0.6 is 11.5 Å². The third-order valence-corrected chi connectivity index (χ3v) is 5.89. The second-order valence-electron chi connectivity index (χ2n) is 6.72. The number of fused-ring (bicyclic) bond motifs is 2. The third kappa shape index (κ3) is 2.42. The number of H-pyrrole nitrogens is 1. The molecule has 4 aromatic rings. The van der Waals surface area contributed by atoms with Crippen LogP contribution in [0.5, 0.6) is 5.75 Å². The molecule has 2 aromatic heterocycles. The first-order valence-electron chi connectivity index (χ1n) is 8.62. The fourth-order valence-corrected chi connectivity index (χ4v) is 4.48.